The number of carbonyl (C=O) groups excluding carboxylic acids is 1. The molecule has 0 unspecified atom stereocenters. The maximum absolute atomic E-state index is 12.4. The molecule has 4 rings (SSSR count). The van der Waals surface area contributed by atoms with Gasteiger partial charge < -0.3 is 5.32 Å². The first-order valence-corrected chi connectivity index (χ1v) is 14.0. The maximum atomic E-state index is 12.4. The molecule has 0 saturated carbocycles. The van der Waals surface area contributed by atoms with Gasteiger partial charge in [0.2, 0.25) is 0 Å². The molecule has 0 saturated heterocycles. The molecule has 0 bridgehead atoms. The second-order valence-electron chi connectivity index (χ2n) is 6.24. The molecule has 3 aromatic heterocycles. The molecule has 0 atom stereocenters. The van der Waals surface area contributed by atoms with Gasteiger partial charge in [-0.1, -0.05) is 11.8 Å². The number of aryl methyl sites for hydroxylation is 1. The van der Waals surface area contributed by atoms with Crippen LogP contribution in [-0.4, -0.2) is 31.3 Å². The minimum absolute atomic E-state index is 0.185. The molecule has 29 heavy (non-hydrogen) atoms. The van der Waals surface area contributed by atoms with Crippen molar-refractivity contribution in [3.05, 3.63) is 57.6 Å². The maximum Gasteiger partial charge on any atom is 0.265 e. The number of hydrogen-bond donors (Lipinski definition) is 1. The van der Waals surface area contributed by atoms with E-state index in [1.165, 1.54) is 17.7 Å². The summed E-state index contributed by atoms with van der Waals surface area (Å²) in [6.07, 6.45) is 2.15. The molecule has 0 radical (unpaired) electrons. The fraction of sp³-hybridized carbons (Fsp3) is 0.158. The zero-order chi connectivity index (χ0) is 20.4. The Labute approximate surface area is 184 Å². The van der Waals surface area contributed by atoms with Crippen molar-refractivity contribution in [1.82, 2.24) is 4.98 Å². The topological polar surface area (TPSA) is 76.1 Å². The van der Waals surface area contributed by atoms with E-state index < -0.39 is 9.84 Å². The van der Waals surface area contributed by atoms with Gasteiger partial charge in [-0.2, -0.15) is 11.3 Å². The van der Waals surface area contributed by atoms with E-state index in [0.29, 0.717) is 10.6 Å². The molecule has 10 heteroatoms. The van der Waals surface area contributed by atoms with E-state index in [9.17, 15) is 13.2 Å². The van der Waals surface area contributed by atoms with E-state index in [1.807, 2.05) is 18.2 Å². The van der Waals surface area contributed by atoms with Crippen LogP contribution in [0.15, 0.2) is 55.7 Å². The van der Waals surface area contributed by atoms with Crippen LogP contribution >= 0.6 is 45.8 Å². The molecule has 4 aromatic rings. The molecule has 150 valence electrons. The number of sulfone groups is 1. The van der Waals surface area contributed by atoms with E-state index in [-0.39, 0.29) is 10.1 Å². The van der Waals surface area contributed by atoms with E-state index in [1.54, 1.807) is 34.4 Å². The van der Waals surface area contributed by atoms with Gasteiger partial charge in [-0.3, -0.25) is 4.79 Å². The molecule has 0 spiro atoms. The van der Waals surface area contributed by atoms with Gasteiger partial charge in [-0.05, 0) is 59.1 Å². The number of thioether (sulfide) groups is 1. The van der Waals surface area contributed by atoms with Gasteiger partial charge in [0.25, 0.3) is 5.91 Å². The van der Waals surface area contributed by atoms with Crippen LogP contribution in [0.5, 0.6) is 0 Å². The van der Waals surface area contributed by atoms with Crippen LogP contribution < -0.4 is 5.32 Å². The second kappa shape index (κ2) is 8.57. The van der Waals surface area contributed by atoms with Crippen LogP contribution in [0.2, 0.25) is 0 Å². The highest BCUT2D eigenvalue weighted by Gasteiger charge is 2.15. The van der Waals surface area contributed by atoms with Crippen molar-refractivity contribution >= 4 is 77.4 Å². The van der Waals surface area contributed by atoms with Crippen LogP contribution in [0.25, 0.3) is 10.2 Å². The number of hydrogen-bond acceptors (Lipinski definition) is 8. The fourth-order valence-electron chi connectivity index (χ4n) is 2.57. The second-order valence-corrected chi connectivity index (χ2v) is 12.7. The van der Waals surface area contributed by atoms with E-state index in [2.05, 4.69) is 27.1 Å². The summed E-state index contributed by atoms with van der Waals surface area (Å²) < 4.78 is 25.4. The molecule has 1 aromatic carbocycles. The number of benzene rings is 1. The average Bonchev–Trinajstić information content (AvgIpc) is 3.41. The number of carbonyl (C=O) groups is 1. The van der Waals surface area contributed by atoms with Crippen LogP contribution in [-0.2, 0) is 16.3 Å². The van der Waals surface area contributed by atoms with Crippen LogP contribution in [0.3, 0.4) is 0 Å². The lowest BCUT2D eigenvalue weighted by molar-refractivity contribution is 0.103. The largest absolute Gasteiger partial charge is 0.321 e. The third-order valence-electron chi connectivity index (χ3n) is 3.99. The molecule has 0 aliphatic carbocycles. The molecular weight excluding hydrogens is 465 g/mol. The molecule has 0 fully saturated rings. The van der Waals surface area contributed by atoms with Gasteiger partial charge in [0, 0.05) is 17.7 Å². The zero-order valence-corrected chi connectivity index (χ0v) is 19.3. The van der Waals surface area contributed by atoms with Crippen LogP contribution in [0, 0.1) is 0 Å². The number of aromatic nitrogens is 1. The minimum atomic E-state index is -3.31. The van der Waals surface area contributed by atoms with E-state index in [0.717, 1.165) is 44.3 Å². The number of rotatable bonds is 7. The van der Waals surface area contributed by atoms with E-state index >= 15 is 0 Å². The normalized spacial score (nSPS) is 11.8. The number of nitrogens with zero attached hydrogens (tertiary/aromatic N) is 1. The zero-order valence-electron chi connectivity index (χ0n) is 15.2. The predicted octanol–water partition coefficient (Wildman–Crippen LogP) is 5.41. The first-order chi connectivity index (χ1) is 13.9. The summed E-state index contributed by atoms with van der Waals surface area (Å²) in [7, 11) is -3.31. The molecule has 3 heterocycles. The SMILES string of the molecule is CS(=O)(=O)c1ccc(C(=O)Nc2ccc3nc(SCCc4ccsc4)sc3c2)s1. The Balaban J connectivity index is 1.43. The van der Waals surface area contributed by atoms with E-state index in [4.69, 9.17) is 0 Å². The van der Waals surface area contributed by atoms with Gasteiger partial charge in [0.1, 0.15) is 4.21 Å². The van der Waals surface area contributed by atoms with Gasteiger partial charge in [0.05, 0.1) is 15.1 Å². The quantitative estimate of drug-likeness (QED) is 0.358. The monoisotopic (exact) mass is 480 g/mol. The first kappa shape index (κ1) is 20.5. The van der Waals surface area contributed by atoms with Crippen molar-refractivity contribution in [2.75, 3.05) is 17.3 Å². The number of fused-ring (bicyclic) bond motifs is 1. The highest BCUT2D eigenvalue weighted by atomic mass is 32.2. The summed E-state index contributed by atoms with van der Waals surface area (Å²) in [5.41, 5.74) is 2.91. The van der Waals surface area contributed by atoms with Crippen molar-refractivity contribution < 1.29 is 13.2 Å². The van der Waals surface area contributed by atoms with Crippen molar-refractivity contribution in [2.24, 2.45) is 0 Å². The lowest BCUT2D eigenvalue weighted by Crippen LogP contribution is -2.09. The molecule has 5 nitrogen and oxygen atoms in total. The van der Waals surface area contributed by atoms with Gasteiger partial charge >= 0.3 is 0 Å². The summed E-state index contributed by atoms with van der Waals surface area (Å²) in [5.74, 6) is 0.653. The summed E-state index contributed by atoms with van der Waals surface area (Å²) in [4.78, 5) is 17.4. The Morgan fingerprint density at radius 2 is 2.03 bits per heavy atom. The number of amides is 1. The number of nitrogens with one attached hydrogen (secondary N) is 1. The van der Waals surface area contributed by atoms with Crippen LogP contribution in [0.1, 0.15) is 15.2 Å². The highest BCUT2D eigenvalue weighted by molar-refractivity contribution is 8.01. The number of anilines is 1. The lowest BCUT2D eigenvalue weighted by Gasteiger charge is -2.03. The van der Waals surface area contributed by atoms with Crippen molar-refractivity contribution in [3.8, 4) is 0 Å². The molecule has 0 aliphatic heterocycles. The fourth-order valence-corrected chi connectivity index (χ4v) is 7.26. The van der Waals surface area contributed by atoms with Gasteiger partial charge in [0.15, 0.2) is 14.2 Å². The molecule has 1 amide bonds. The third-order valence-corrected chi connectivity index (χ3v) is 9.79. The summed E-state index contributed by atoms with van der Waals surface area (Å²) in [6, 6.07) is 10.7. The Morgan fingerprint density at radius 1 is 1.17 bits per heavy atom. The standard InChI is InChI=1S/C19H16N2O3S5/c1-29(23,24)17-5-4-15(27-17)18(22)20-13-2-3-14-16(10-13)28-19(21-14)26-9-7-12-6-8-25-11-12/h2-6,8,10-11H,7,9H2,1H3,(H,20,22). The predicted molar refractivity (Wildman–Crippen MR) is 124 cm³/mol. The van der Waals surface area contributed by atoms with Crippen molar-refractivity contribution in [2.45, 2.75) is 15.0 Å². The Hall–Kier alpha value is -1.72. The lowest BCUT2D eigenvalue weighted by atomic mass is 10.3. The molecular formula is C19H16N2O3S5. The Morgan fingerprint density at radius 3 is 2.76 bits per heavy atom. The minimum Gasteiger partial charge on any atom is -0.321 e. The summed E-state index contributed by atoms with van der Waals surface area (Å²) in [5, 5.41) is 7.09. The first-order valence-electron chi connectivity index (χ1n) is 8.54. The van der Waals surface area contributed by atoms with Gasteiger partial charge in [-0.25, -0.2) is 13.4 Å². The highest BCUT2D eigenvalue weighted by Crippen LogP contribution is 2.32. The number of thiophene rings is 2. The average molecular weight is 481 g/mol. The third kappa shape index (κ3) is 5.07. The Bertz CT molecular complexity index is 1260. The smallest absolute Gasteiger partial charge is 0.265 e. The summed E-state index contributed by atoms with van der Waals surface area (Å²) >= 11 is 6.02. The van der Waals surface area contributed by atoms with Crippen LogP contribution in [0.4, 0.5) is 5.69 Å². The van der Waals surface area contributed by atoms with Gasteiger partial charge in [-0.15, -0.1) is 22.7 Å². The van der Waals surface area contributed by atoms with Crippen molar-refractivity contribution in [1.29, 1.82) is 0 Å². The Kier molecular flexibility index (Phi) is 6.07. The number of thiazole rings is 1. The molecule has 1 N–H and O–H groups in total. The van der Waals surface area contributed by atoms with Crippen molar-refractivity contribution in [3.63, 3.8) is 0 Å². The molecule has 0 aliphatic rings. The summed E-state index contributed by atoms with van der Waals surface area (Å²) in [6.45, 7) is 0.